The van der Waals surface area contributed by atoms with Crippen molar-refractivity contribution >= 4 is 33.4 Å². The maximum atomic E-state index is 12.4. The van der Waals surface area contributed by atoms with E-state index >= 15 is 0 Å². The van der Waals surface area contributed by atoms with E-state index in [0.29, 0.717) is 16.5 Å². The lowest BCUT2D eigenvalue weighted by atomic mass is 10.1. The van der Waals surface area contributed by atoms with Crippen molar-refractivity contribution in [1.82, 2.24) is 9.80 Å². The predicted molar refractivity (Wildman–Crippen MR) is 81.7 cm³/mol. The van der Waals surface area contributed by atoms with Crippen LogP contribution in [0.2, 0.25) is 5.02 Å². The zero-order valence-electron chi connectivity index (χ0n) is 11.2. The van der Waals surface area contributed by atoms with Crippen LogP contribution in [0.5, 0.6) is 0 Å². The van der Waals surface area contributed by atoms with Crippen LogP contribution in [0.3, 0.4) is 0 Å². The lowest BCUT2D eigenvalue weighted by Crippen LogP contribution is -2.33. The van der Waals surface area contributed by atoms with Crippen LogP contribution < -0.4 is 0 Å². The maximum absolute atomic E-state index is 12.4. The molecule has 0 radical (unpaired) electrons. The van der Waals surface area contributed by atoms with Crippen LogP contribution in [0.25, 0.3) is 0 Å². The average molecular weight is 346 g/mol. The first-order chi connectivity index (χ1) is 8.97. The Hall–Kier alpha value is -0.580. The first kappa shape index (κ1) is 14.8. The van der Waals surface area contributed by atoms with Gasteiger partial charge in [0.25, 0.3) is 5.91 Å². The SMILES string of the molecule is CN1CCC(CN(C)C(=O)c2cc(Cl)ccc2Br)C1. The monoisotopic (exact) mass is 344 g/mol. The van der Waals surface area contributed by atoms with Crippen molar-refractivity contribution in [1.29, 1.82) is 0 Å². The van der Waals surface area contributed by atoms with Gasteiger partial charge in [0.1, 0.15) is 0 Å². The average Bonchev–Trinajstić information content (AvgIpc) is 2.77. The summed E-state index contributed by atoms with van der Waals surface area (Å²) >= 11 is 9.36. The molecule has 1 aliphatic heterocycles. The lowest BCUT2D eigenvalue weighted by Gasteiger charge is -2.22. The third-order valence-electron chi connectivity index (χ3n) is 3.53. The smallest absolute Gasteiger partial charge is 0.254 e. The zero-order chi connectivity index (χ0) is 14.0. The van der Waals surface area contributed by atoms with E-state index in [9.17, 15) is 4.79 Å². The first-order valence-corrected chi connectivity index (χ1v) is 7.53. The molecule has 104 valence electrons. The quantitative estimate of drug-likeness (QED) is 0.840. The molecule has 1 aromatic carbocycles. The summed E-state index contributed by atoms with van der Waals surface area (Å²) in [4.78, 5) is 16.5. The highest BCUT2D eigenvalue weighted by Gasteiger charge is 2.23. The molecule has 1 saturated heterocycles. The normalized spacial score (nSPS) is 19.7. The summed E-state index contributed by atoms with van der Waals surface area (Å²) in [6.45, 7) is 2.98. The Morgan fingerprint density at radius 3 is 2.95 bits per heavy atom. The van der Waals surface area contributed by atoms with E-state index in [0.717, 1.165) is 30.5 Å². The van der Waals surface area contributed by atoms with Crippen LogP contribution in [0.4, 0.5) is 0 Å². The van der Waals surface area contributed by atoms with E-state index in [4.69, 9.17) is 11.6 Å². The Labute approximate surface area is 127 Å². The van der Waals surface area contributed by atoms with Crippen LogP contribution in [0.1, 0.15) is 16.8 Å². The molecule has 5 heteroatoms. The van der Waals surface area contributed by atoms with Gasteiger partial charge in [-0.3, -0.25) is 4.79 Å². The van der Waals surface area contributed by atoms with Crippen LogP contribution >= 0.6 is 27.5 Å². The number of hydrogen-bond donors (Lipinski definition) is 0. The van der Waals surface area contributed by atoms with Crippen molar-refractivity contribution in [2.45, 2.75) is 6.42 Å². The second kappa shape index (κ2) is 6.25. The van der Waals surface area contributed by atoms with Crippen molar-refractivity contribution in [2.24, 2.45) is 5.92 Å². The Bertz CT molecular complexity index is 481. The van der Waals surface area contributed by atoms with Gasteiger partial charge in [-0.25, -0.2) is 0 Å². The number of carbonyl (C=O) groups is 1. The van der Waals surface area contributed by atoms with Crippen molar-refractivity contribution in [2.75, 3.05) is 33.7 Å². The molecule has 0 aliphatic carbocycles. The molecule has 19 heavy (non-hydrogen) atoms. The van der Waals surface area contributed by atoms with Gasteiger partial charge in [-0.2, -0.15) is 0 Å². The van der Waals surface area contributed by atoms with Gasteiger partial charge in [-0.1, -0.05) is 11.6 Å². The molecule has 0 aromatic heterocycles. The minimum absolute atomic E-state index is 0.0175. The van der Waals surface area contributed by atoms with E-state index in [1.165, 1.54) is 0 Å². The fourth-order valence-corrected chi connectivity index (χ4v) is 3.10. The minimum Gasteiger partial charge on any atom is -0.341 e. The predicted octanol–water partition coefficient (Wildman–Crippen LogP) is 3.13. The van der Waals surface area contributed by atoms with Crippen molar-refractivity contribution in [3.05, 3.63) is 33.3 Å². The highest BCUT2D eigenvalue weighted by atomic mass is 79.9. The lowest BCUT2D eigenvalue weighted by molar-refractivity contribution is 0.0773. The van der Waals surface area contributed by atoms with Gasteiger partial charge < -0.3 is 9.80 Å². The maximum Gasteiger partial charge on any atom is 0.254 e. The van der Waals surface area contributed by atoms with Crippen molar-refractivity contribution in [3.63, 3.8) is 0 Å². The van der Waals surface area contributed by atoms with Gasteiger partial charge in [0.05, 0.1) is 5.56 Å². The molecule has 1 aliphatic rings. The second-order valence-electron chi connectivity index (χ2n) is 5.23. The number of likely N-dealkylation sites (tertiary alicyclic amines) is 1. The second-order valence-corrected chi connectivity index (χ2v) is 6.52. The zero-order valence-corrected chi connectivity index (χ0v) is 13.5. The van der Waals surface area contributed by atoms with Crippen molar-refractivity contribution in [3.8, 4) is 0 Å². The molecule has 3 nitrogen and oxygen atoms in total. The molecule has 1 unspecified atom stereocenters. The molecule has 1 heterocycles. The third kappa shape index (κ3) is 3.71. The molecule has 1 aromatic rings. The molecule has 0 spiro atoms. The van der Waals surface area contributed by atoms with Gasteiger partial charge in [0, 0.05) is 29.6 Å². The largest absolute Gasteiger partial charge is 0.341 e. The molecule has 0 bridgehead atoms. The Morgan fingerprint density at radius 1 is 1.58 bits per heavy atom. The molecule has 0 N–H and O–H groups in total. The third-order valence-corrected chi connectivity index (χ3v) is 4.45. The first-order valence-electron chi connectivity index (χ1n) is 6.36. The van der Waals surface area contributed by atoms with Gasteiger partial charge in [0.2, 0.25) is 0 Å². The van der Waals surface area contributed by atoms with E-state index in [1.54, 1.807) is 17.0 Å². The molecular weight excluding hydrogens is 328 g/mol. The van der Waals surface area contributed by atoms with Crippen LogP contribution in [-0.2, 0) is 0 Å². The molecule has 1 atom stereocenters. The van der Waals surface area contributed by atoms with Gasteiger partial charge in [-0.05, 0) is 60.1 Å². The Kier molecular flexibility index (Phi) is 4.87. The summed E-state index contributed by atoms with van der Waals surface area (Å²) in [5, 5.41) is 0.584. The standard InChI is InChI=1S/C14H18BrClN2O/c1-17-6-5-10(8-17)9-18(2)14(19)12-7-11(16)3-4-13(12)15/h3-4,7,10H,5-6,8-9H2,1-2H3. The number of rotatable bonds is 3. The Morgan fingerprint density at radius 2 is 2.32 bits per heavy atom. The molecular formula is C14H18BrClN2O. The minimum atomic E-state index is 0.0175. The highest BCUT2D eigenvalue weighted by Crippen LogP contribution is 2.23. The summed E-state index contributed by atoms with van der Waals surface area (Å²) in [6, 6.07) is 5.30. The van der Waals surface area contributed by atoms with Crippen LogP contribution in [0, 0.1) is 5.92 Å². The van der Waals surface area contributed by atoms with Crippen molar-refractivity contribution < 1.29 is 4.79 Å². The fourth-order valence-electron chi connectivity index (χ4n) is 2.51. The number of nitrogens with zero attached hydrogens (tertiary/aromatic N) is 2. The molecule has 1 fully saturated rings. The van der Waals surface area contributed by atoms with Gasteiger partial charge in [-0.15, -0.1) is 0 Å². The molecule has 2 rings (SSSR count). The number of benzene rings is 1. The topological polar surface area (TPSA) is 23.6 Å². The summed E-state index contributed by atoms with van der Waals surface area (Å²) in [7, 11) is 3.98. The van der Waals surface area contributed by atoms with Gasteiger partial charge >= 0.3 is 0 Å². The summed E-state index contributed by atoms with van der Waals surface area (Å²) in [6.07, 6.45) is 1.16. The number of halogens is 2. The molecule has 0 saturated carbocycles. The molecule has 1 amide bonds. The van der Waals surface area contributed by atoms with Crippen LogP contribution in [0.15, 0.2) is 22.7 Å². The number of hydrogen-bond acceptors (Lipinski definition) is 2. The summed E-state index contributed by atoms with van der Waals surface area (Å²) in [5.41, 5.74) is 0.626. The van der Waals surface area contributed by atoms with E-state index < -0.39 is 0 Å². The van der Waals surface area contributed by atoms with Crippen LogP contribution in [-0.4, -0.2) is 49.4 Å². The summed E-state index contributed by atoms with van der Waals surface area (Å²) < 4.78 is 0.789. The fraction of sp³-hybridized carbons (Fsp3) is 0.500. The number of carbonyl (C=O) groups excluding carboxylic acids is 1. The Balaban J connectivity index is 2.04. The van der Waals surface area contributed by atoms with Gasteiger partial charge in [0.15, 0.2) is 0 Å². The van der Waals surface area contributed by atoms with E-state index in [2.05, 4.69) is 27.9 Å². The highest BCUT2D eigenvalue weighted by molar-refractivity contribution is 9.10. The van der Waals surface area contributed by atoms with E-state index in [-0.39, 0.29) is 5.91 Å². The van der Waals surface area contributed by atoms with E-state index in [1.807, 2.05) is 13.1 Å². The summed E-state index contributed by atoms with van der Waals surface area (Å²) in [5.74, 6) is 0.584. The number of amides is 1.